The van der Waals surface area contributed by atoms with Crippen LogP contribution in [0.25, 0.3) is 0 Å². The quantitative estimate of drug-likeness (QED) is 0.704. The predicted octanol–water partition coefficient (Wildman–Crippen LogP) is 5.52. The van der Waals surface area contributed by atoms with Gasteiger partial charge in [-0.05, 0) is 56.9 Å². The minimum Gasteiger partial charge on any atom is -0.444 e. The molecule has 25 heavy (non-hydrogen) atoms. The Morgan fingerprint density at radius 1 is 1.28 bits per heavy atom. The van der Waals surface area contributed by atoms with Gasteiger partial charge in [-0.1, -0.05) is 35.9 Å². The molecule has 0 spiro atoms. The number of thiophene rings is 1. The third-order valence-electron chi connectivity index (χ3n) is 4.58. The van der Waals surface area contributed by atoms with E-state index in [1.54, 1.807) is 16.2 Å². The zero-order valence-corrected chi connectivity index (χ0v) is 16.7. The van der Waals surface area contributed by atoms with Crippen LogP contribution in [0.1, 0.15) is 42.7 Å². The Bertz CT molecular complexity index is 765. The van der Waals surface area contributed by atoms with E-state index in [1.165, 1.54) is 16.0 Å². The summed E-state index contributed by atoms with van der Waals surface area (Å²) in [6.07, 6.45) is 1.47. The van der Waals surface area contributed by atoms with E-state index >= 15 is 0 Å². The van der Waals surface area contributed by atoms with Crippen LogP contribution in [0.15, 0.2) is 36.4 Å². The average Bonchev–Trinajstić information content (AvgIpc) is 3.09. The smallest absolute Gasteiger partial charge is 0.410 e. The van der Waals surface area contributed by atoms with Crippen molar-refractivity contribution in [3.05, 3.63) is 56.7 Å². The molecule has 1 aliphatic rings. The number of rotatable bonds is 3. The third kappa shape index (κ3) is 4.18. The van der Waals surface area contributed by atoms with Crippen LogP contribution in [-0.2, 0) is 17.6 Å². The monoisotopic (exact) mass is 377 g/mol. The number of carbonyl (C=O) groups excluding carboxylic acids is 1. The molecule has 2 unspecified atom stereocenters. The molecule has 1 heterocycles. The topological polar surface area (TPSA) is 29.5 Å². The molecule has 0 saturated heterocycles. The molecule has 2 aromatic rings. The summed E-state index contributed by atoms with van der Waals surface area (Å²) in [5.74, 6) is 0.253. The molecule has 2 atom stereocenters. The number of nitrogens with zero attached hydrogens (tertiary/aromatic N) is 1. The molecular weight excluding hydrogens is 354 g/mol. The molecule has 0 bridgehead atoms. The van der Waals surface area contributed by atoms with Crippen LogP contribution in [0, 0.1) is 0 Å². The molecule has 5 heteroatoms. The maximum Gasteiger partial charge on any atom is 0.410 e. The van der Waals surface area contributed by atoms with Crippen molar-refractivity contribution in [2.75, 3.05) is 7.05 Å². The Balaban J connectivity index is 1.85. The van der Waals surface area contributed by atoms with Gasteiger partial charge < -0.3 is 9.64 Å². The first-order valence-electron chi connectivity index (χ1n) is 8.52. The van der Waals surface area contributed by atoms with E-state index in [1.807, 2.05) is 33.9 Å². The van der Waals surface area contributed by atoms with Gasteiger partial charge in [0.05, 0.1) is 4.34 Å². The van der Waals surface area contributed by atoms with Gasteiger partial charge in [-0.15, -0.1) is 11.3 Å². The average molecular weight is 378 g/mol. The van der Waals surface area contributed by atoms with E-state index in [-0.39, 0.29) is 18.1 Å². The molecule has 1 aliphatic carbocycles. The molecular formula is C20H24ClNO2S. The minimum absolute atomic E-state index is 0.0909. The van der Waals surface area contributed by atoms with Gasteiger partial charge in [0.25, 0.3) is 0 Å². The van der Waals surface area contributed by atoms with E-state index in [0.29, 0.717) is 0 Å². The highest BCUT2D eigenvalue weighted by Crippen LogP contribution is 2.40. The van der Waals surface area contributed by atoms with Crippen LogP contribution in [0.2, 0.25) is 4.34 Å². The summed E-state index contributed by atoms with van der Waals surface area (Å²) in [6, 6.07) is 12.6. The van der Waals surface area contributed by atoms with Crippen molar-refractivity contribution in [3.8, 4) is 0 Å². The van der Waals surface area contributed by atoms with Crippen molar-refractivity contribution < 1.29 is 9.53 Å². The Morgan fingerprint density at radius 2 is 2.00 bits per heavy atom. The summed E-state index contributed by atoms with van der Waals surface area (Å²) in [5.41, 5.74) is 2.15. The molecule has 0 aliphatic heterocycles. The lowest BCUT2D eigenvalue weighted by Crippen LogP contribution is -2.43. The summed E-state index contributed by atoms with van der Waals surface area (Å²) in [7, 11) is 1.85. The third-order valence-corrected chi connectivity index (χ3v) is 5.83. The first-order chi connectivity index (χ1) is 11.7. The number of amides is 1. The zero-order chi connectivity index (χ0) is 18.2. The Kier molecular flexibility index (Phi) is 5.12. The lowest BCUT2D eigenvalue weighted by Gasteiger charge is -2.32. The highest BCUT2D eigenvalue weighted by atomic mass is 35.5. The van der Waals surface area contributed by atoms with Gasteiger partial charge in [0.2, 0.25) is 0 Å². The maximum atomic E-state index is 12.6. The fourth-order valence-electron chi connectivity index (χ4n) is 3.46. The minimum atomic E-state index is -0.492. The van der Waals surface area contributed by atoms with E-state index < -0.39 is 5.60 Å². The molecule has 3 nitrogen and oxygen atoms in total. The fraction of sp³-hybridized carbons (Fsp3) is 0.450. The zero-order valence-electron chi connectivity index (χ0n) is 15.1. The van der Waals surface area contributed by atoms with Crippen molar-refractivity contribution in [1.82, 2.24) is 4.90 Å². The number of benzene rings is 1. The Labute approximate surface area is 158 Å². The highest BCUT2D eigenvalue weighted by molar-refractivity contribution is 7.16. The van der Waals surface area contributed by atoms with Gasteiger partial charge in [-0.3, -0.25) is 0 Å². The van der Waals surface area contributed by atoms with Gasteiger partial charge in [0.15, 0.2) is 0 Å². The largest absolute Gasteiger partial charge is 0.444 e. The number of fused-ring (bicyclic) bond motifs is 1. The van der Waals surface area contributed by atoms with Gasteiger partial charge >= 0.3 is 6.09 Å². The van der Waals surface area contributed by atoms with Crippen molar-refractivity contribution in [2.45, 2.75) is 51.2 Å². The first kappa shape index (κ1) is 18.3. The van der Waals surface area contributed by atoms with Crippen molar-refractivity contribution in [3.63, 3.8) is 0 Å². The van der Waals surface area contributed by atoms with Crippen molar-refractivity contribution >= 4 is 29.0 Å². The van der Waals surface area contributed by atoms with Gasteiger partial charge in [0, 0.05) is 23.9 Å². The number of ether oxygens (including phenoxy) is 1. The van der Waals surface area contributed by atoms with Crippen molar-refractivity contribution in [1.29, 1.82) is 0 Å². The first-order valence-corrected chi connectivity index (χ1v) is 9.72. The lowest BCUT2D eigenvalue weighted by atomic mass is 9.93. The van der Waals surface area contributed by atoms with E-state index in [4.69, 9.17) is 16.3 Å². The molecule has 0 fully saturated rings. The number of likely N-dealkylation sites (N-methyl/N-ethyl adjacent to an activating group) is 1. The molecule has 1 amide bonds. The highest BCUT2D eigenvalue weighted by Gasteiger charge is 2.38. The van der Waals surface area contributed by atoms with Crippen LogP contribution in [0.4, 0.5) is 4.79 Å². The second kappa shape index (κ2) is 7.00. The van der Waals surface area contributed by atoms with Crippen LogP contribution in [0.3, 0.4) is 0 Å². The maximum absolute atomic E-state index is 12.6. The number of hydrogen-bond donors (Lipinski definition) is 0. The van der Waals surface area contributed by atoms with Crippen LogP contribution < -0.4 is 0 Å². The number of hydrogen-bond acceptors (Lipinski definition) is 3. The Morgan fingerprint density at radius 3 is 2.64 bits per heavy atom. The summed E-state index contributed by atoms with van der Waals surface area (Å²) in [4.78, 5) is 15.6. The van der Waals surface area contributed by atoms with Gasteiger partial charge in [0.1, 0.15) is 5.60 Å². The number of carbonyl (C=O) groups is 1. The molecule has 3 rings (SSSR count). The lowest BCUT2D eigenvalue weighted by molar-refractivity contribution is 0.0207. The predicted molar refractivity (Wildman–Crippen MR) is 104 cm³/mol. The van der Waals surface area contributed by atoms with E-state index in [9.17, 15) is 4.79 Å². The second-order valence-corrected chi connectivity index (χ2v) is 9.38. The van der Waals surface area contributed by atoms with E-state index in [2.05, 4.69) is 30.3 Å². The van der Waals surface area contributed by atoms with Gasteiger partial charge in [-0.25, -0.2) is 4.79 Å². The standard InChI is InChI=1S/C20H24ClNO2S/c1-20(2,3)24-19(23)22(4)17-11-13-7-5-6-8-15(13)16(17)12-14-9-10-18(21)25-14/h5-10,16-17H,11-12H2,1-4H3. The molecule has 1 aromatic carbocycles. The molecule has 0 radical (unpaired) electrons. The molecule has 0 saturated carbocycles. The summed E-state index contributed by atoms with van der Waals surface area (Å²) >= 11 is 7.71. The van der Waals surface area contributed by atoms with Crippen LogP contribution >= 0.6 is 22.9 Å². The summed E-state index contributed by atoms with van der Waals surface area (Å²) < 4.78 is 6.39. The normalized spacial score (nSPS) is 19.6. The molecule has 134 valence electrons. The molecule has 1 aromatic heterocycles. The van der Waals surface area contributed by atoms with Crippen LogP contribution in [0.5, 0.6) is 0 Å². The SMILES string of the molecule is CN(C(=O)OC(C)(C)C)C1Cc2ccccc2C1Cc1ccc(Cl)s1. The van der Waals surface area contributed by atoms with Crippen LogP contribution in [-0.4, -0.2) is 29.7 Å². The summed E-state index contributed by atoms with van der Waals surface area (Å²) in [6.45, 7) is 5.69. The number of halogens is 1. The van der Waals surface area contributed by atoms with Crippen molar-refractivity contribution in [2.24, 2.45) is 0 Å². The second-order valence-electron chi connectivity index (χ2n) is 7.58. The fourth-order valence-corrected chi connectivity index (χ4v) is 4.60. The van der Waals surface area contributed by atoms with Gasteiger partial charge in [-0.2, -0.15) is 0 Å². The molecule has 0 N–H and O–H groups in total. The van der Waals surface area contributed by atoms with E-state index in [0.717, 1.165) is 17.2 Å². The Hall–Kier alpha value is -1.52. The summed E-state index contributed by atoms with van der Waals surface area (Å²) in [5, 5.41) is 0.